The molecule has 1 aliphatic carbocycles. The van der Waals surface area contributed by atoms with E-state index in [0.717, 1.165) is 17.8 Å². The lowest BCUT2D eigenvalue weighted by molar-refractivity contribution is 0.0919. The first kappa shape index (κ1) is 17.3. The van der Waals surface area contributed by atoms with E-state index in [1.54, 1.807) is 13.1 Å². The molecule has 1 N–H and O–H groups in total. The topological polar surface area (TPSA) is 77.1 Å². The van der Waals surface area contributed by atoms with Gasteiger partial charge < -0.3 is 14.3 Å². The van der Waals surface area contributed by atoms with Crippen LogP contribution in [-0.2, 0) is 13.5 Å². The summed E-state index contributed by atoms with van der Waals surface area (Å²) in [5.74, 6) is 1.49. The molecule has 2 aromatic heterocycles. The Labute approximate surface area is 157 Å². The zero-order chi connectivity index (χ0) is 19.0. The second-order valence-electron chi connectivity index (χ2n) is 6.82. The second-order valence-corrected chi connectivity index (χ2v) is 6.82. The third-order valence-corrected chi connectivity index (χ3v) is 5.00. The number of fused-ring (bicyclic) bond motifs is 1. The lowest BCUT2D eigenvalue weighted by Gasteiger charge is -2.19. The van der Waals surface area contributed by atoms with Crippen LogP contribution >= 0.6 is 0 Å². The molecule has 0 fully saturated rings. The minimum Gasteiger partial charge on any atom is -0.465 e. The van der Waals surface area contributed by atoms with Crippen molar-refractivity contribution in [1.29, 1.82) is 0 Å². The SMILES string of the molecule is Cc1oc2c(c1C(=O)N[C@H](c1ccccc1)c1nccn1C)C(=O)CCC2. The summed E-state index contributed by atoms with van der Waals surface area (Å²) >= 11 is 0. The van der Waals surface area contributed by atoms with Gasteiger partial charge in [-0.15, -0.1) is 0 Å². The molecular weight excluding hydrogens is 342 g/mol. The van der Waals surface area contributed by atoms with Gasteiger partial charge in [-0.2, -0.15) is 0 Å². The highest BCUT2D eigenvalue weighted by atomic mass is 16.3. The Morgan fingerprint density at radius 1 is 1.26 bits per heavy atom. The molecule has 0 spiro atoms. The van der Waals surface area contributed by atoms with Crippen LogP contribution in [0.4, 0.5) is 0 Å². The van der Waals surface area contributed by atoms with Crippen LogP contribution in [-0.4, -0.2) is 21.2 Å². The Bertz CT molecular complexity index is 1000. The minimum atomic E-state index is -0.428. The van der Waals surface area contributed by atoms with Crippen molar-refractivity contribution in [2.45, 2.75) is 32.2 Å². The number of hydrogen-bond acceptors (Lipinski definition) is 4. The maximum atomic E-state index is 13.2. The van der Waals surface area contributed by atoms with Gasteiger partial charge in [-0.3, -0.25) is 9.59 Å². The number of hydrogen-bond donors (Lipinski definition) is 1. The fourth-order valence-corrected chi connectivity index (χ4v) is 3.68. The average Bonchev–Trinajstić information content (AvgIpc) is 3.23. The molecule has 3 aromatic rings. The van der Waals surface area contributed by atoms with Crippen LogP contribution < -0.4 is 5.32 Å². The zero-order valence-corrected chi connectivity index (χ0v) is 15.4. The van der Waals surface area contributed by atoms with Crippen molar-refractivity contribution in [3.05, 3.63) is 76.8 Å². The summed E-state index contributed by atoms with van der Waals surface area (Å²) in [7, 11) is 1.89. The third-order valence-electron chi connectivity index (χ3n) is 5.00. The standard InChI is InChI=1S/C21H21N3O3/c1-13-17(18-15(25)9-6-10-16(18)27-13)21(26)23-19(14-7-4-3-5-8-14)20-22-11-12-24(20)2/h3-5,7-8,11-12,19H,6,9-10H2,1-2H3,(H,23,26)/t19-/m1/s1. The number of rotatable bonds is 4. The Hall–Kier alpha value is -3.15. The van der Waals surface area contributed by atoms with Crippen molar-refractivity contribution in [1.82, 2.24) is 14.9 Å². The second kappa shape index (κ2) is 6.87. The van der Waals surface area contributed by atoms with Gasteiger partial charge in [-0.1, -0.05) is 30.3 Å². The number of aromatic nitrogens is 2. The summed E-state index contributed by atoms with van der Waals surface area (Å²) < 4.78 is 7.60. The highest BCUT2D eigenvalue weighted by Gasteiger charge is 2.32. The fraction of sp³-hybridized carbons (Fsp3) is 0.286. The number of carbonyl (C=O) groups excluding carboxylic acids is 2. The molecule has 6 heteroatoms. The lowest BCUT2D eigenvalue weighted by Crippen LogP contribution is -2.32. The summed E-state index contributed by atoms with van der Waals surface area (Å²) in [6.07, 6.45) is 5.45. The average molecular weight is 363 g/mol. The van der Waals surface area contributed by atoms with Crippen LogP contribution in [0.15, 0.2) is 47.1 Å². The number of amides is 1. The number of carbonyl (C=O) groups is 2. The van der Waals surface area contributed by atoms with Gasteiger partial charge in [0.2, 0.25) is 0 Å². The Morgan fingerprint density at radius 3 is 2.74 bits per heavy atom. The molecule has 2 heterocycles. The van der Waals surface area contributed by atoms with Crippen molar-refractivity contribution in [2.24, 2.45) is 7.05 Å². The first-order chi connectivity index (χ1) is 13.1. The van der Waals surface area contributed by atoms with Gasteiger partial charge in [-0.25, -0.2) is 4.98 Å². The van der Waals surface area contributed by atoms with E-state index in [0.29, 0.717) is 35.5 Å². The summed E-state index contributed by atoms with van der Waals surface area (Å²) in [4.78, 5) is 30.0. The first-order valence-corrected chi connectivity index (χ1v) is 9.04. The molecule has 0 aliphatic heterocycles. The molecule has 1 amide bonds. The molecule has 4 rings (SSSR count). The van der Waals surface area contributed by atoms with Crippen LogP contribution in [0.1, 0.15) is 62.5 Å². The number of furan rings is 1. The van der Waals surface area contributed by atoms with Gasteiger partial charge in [-0.05, 0) is 18.9 Å². The molecule has 138 valence electrons. The molecule has 0 unspecified atom stereocenters. The Kier molecular flexibility index (Phi) is 4.39. The van der Waals surface area contributed by atoms with Gasteiger partial charge in [0.05, 0.1) is 11.1 Å². The molecule has 1 aliphatic rings. The molecule has 27 heavy (non-hydrogen) atoms. The molecular formula is C21H21N3O3. The fourth-order valence-electron chi connectivity index (χ4n) is 3.68. The van der Waals surface area contributed by atoms with E-state index in [2.05, 4.69) is 10.3 Å². The van der Waals surface area contributed by atoms with Crippen molar-refractivity contribution >= 4 is 11.7 Å². The number of imidazole rings is 1. The van der Waals surface area contributed by atoms with Crippen molar-refractivity contribution in [2.75, 3.05) is 0 Å². The largest absolute Gasteiger partial charge is 0.465 e. The lowest BCUT2D eigenvalue weighted by atomic mass is 9.93. The number of aryl methyl sites for hydroxylation is 3. The number of ketones is 1. The van der Waals surface area contributed by atoms with Crippen molar-refractivity contribution in [3.8, 4) is 0 Å². The van der Waals surface area contributed by atoms with Gasteiger partial charge in [0.15, 0.2) is 5.78 Å². The van der Waals surface area contributed by atoms with Crippen LogP contribution in [0.3, 0.4) is 0 Å². The number of nitrogens with zero attached hydrogens (tertiary/aromatic N) is 2. The van der Waals surface area contributed by atoms with Crippen molar-refractivity contribution in [3.63, 3.8) is 0 Å². The Balaban J connectivity index is 1.73. The van der Waals surface area contributed by atoms with Crippen LogP contribution in [0, 0.1) is 6.92 Å². The third kappa shape index (κ3) is 3.07. The van der Waals surface area contributed by atoms with E-state index in [9.17, 15) is 9.59 Å². The summed E-state index contributed by atoms with van der Waals surface area (Å²) in [5.41, 5.74) is 1.72. The van der Waals surface area contributed by atoms with Gasteiger partial charge in [0, 0.05) is 32.3 Å². The van der Waals surface area contributed by atoms with E-state index in [-0.39, 0.29) is 11.7 Å². The minimum absolute atomic E-state index is 0.0218. The number of nitrogens with one attached hydrogen (secondary N) is 1. The molecule has 0 saturated heterocycles. The molecule has 0 radical (unpaired) electrons. The number of benzene rings is 1. The molecule has 1 aromatic carbocycles. The summed E-state index contributed by atoms with van der Waals surface area (Å²) in [5, 5.41) is 3.06. The molecule has 0 bridgehead atoms. The predicted octanol–water partition coefficient (Wildman–Crippen LogP) is 3.36. The van der Waals surface area contributed by atoms with E-state index >= 15 is 0 Å². The predicted molar refractivity (Wildman–Crippen MR) is 99.7 cm³/mol. The zero-order valence-electron chi connectivity index (χ0n) is 15.4. The maximum Gasteiger partial charge on any atom is 0.256 e. The highest BCUT2D eigenvalue weighted by molar-refractivity contribution is 6.10. The molecule has 6 nitrogen and oxygen atoms in total. The Morgan fingerprint density at radius 2 is 2.04 bits per heavy atom. The van der Waals surface area contributed by atoms with Crippen LogP contribution in [0.25, 0.3) is 0 Å². The van der Waals surface area contributed by atoms with E-state index in [1.807, 2.05) is 48.1 Å². The smallest absolute Gasteiger partial charge is 0.256 e. The molecule has 1 atom stereocenters. The van der Waals surface area contributed by atoms with E-state index in [4.69, 9.17) is 4.42 Å². The van der Waals surface area contributed by atoms with Crippen LogP contribution in [0.2, 0.25) is 0 Å². The quantitative estimate of drug-likeness (QED) is 0.771. The maximum absolute atomic E-state index is 13.2. The highest BCUT2D eigenvalue weighted by Crippen LogP contribution is 2.30. The monoisotopic (exact) mass is 363 g/mol. The van der Waals surface area contributed by atoms with E-state index < -0.39 is 6.04 Å². The molecule has 0 saturated carbocycles. The van der Waals surface area contributed by atoms with Crippen LogP contribution in [0.5, 0.6) is 0 Å². The van der Waals surface area contributed by atoms with Crippen molar-refractivity contribution < 1.29 is 14.0 Å². The van der Waals surface area contributed by atoms with Gasteiger partial charge in [0.25, 0.3) is 5.91 Å². The summed E-state index contributed by atoms with van der Waals surface area (Å²) in [6, 6.07) is 9.24. The normalized spacial score (nSPS) is 14.7. The van der Waals surface area contributed by atoms with Gasteiger partial charge in [0.1, 0.15) is 23.4 Å². The van der Waals surface area contributed by atoms with Gasteiger partial charge >= 0.3 is 0 Å². The van der Waals surface area contributed by atoms with E-state index in [1.165, 1.54) is 0 Å². The summed E-state index contributed by atoms with van der Waals surface area (Å²) in [6.45, 7) is 1.73. The number of Topliss-reactive ketones (excluding diaryl/α,β-unsaturated/α-hetero) is 1. The first-order valence-electron chi connectivity index (χ1n) is 9.04.